The van der Waals surface area contributed by atoms with E-state index >= 15 is 0 Å². The van der Waals surface area contributed by atoms with Crippen LogP contribution in [-0.4, -0.2) is 54.3 Å². The van der Waals surface area contributed by atoms with Crippen LogP contribution in [0.25, 0.3) is 11.3 Å². The van der Waals surface area contributed by atoms with Gasteiger partial charge in [-0.15, -0.1) is 0 Å². The van der Waals surface area contributed by atoms with Gasteiger partial charge in [-0.25, -0.2) is 0 Å². The van der Waals surface area contributed by atoms with Gasteiger partial charge in [-0.2, -0.15) is 0 Å². The maximum Gasteiger partial charge on any atom is 0.309 e. The number of rotatable bonds is 18. The molecule has 0 bridgehead atoms. The van der Waals surface area contributed by atoms with E-state index in [0.717, 1.165) is 68.3 Å². The molecule has 0 aliphatic heterocycles. The Morgan fingerprint density at radius 2 is 1.86 bits per heavy atom. The second-order valence-corrected chi connectivity index (χ2v) is 13.6. The number of H-pyrrole nitrogens is 1. The number of aliphatic hydroxyl groups excluding tert-OH is 2. The van der Waals surface area contributed by atoms with Gasteiger partial charge in [0.25, 0.3) is 0 Å². The molecule has 4 rings (SSSR count). The van der Waals surface area contributed by atoms with Crippen molar-refractivity contribution in [3.05, 3.63) is 54.2 Å². The number of carboxylic acid groups (broad SMARTS) is 1. The zero-order valence-electron chi connectivity index (χ0n) is 26.5. The van der Waals surface area contributed by atoms with E-state index in [1.54, 1.807) is 18.2 Å². The van der Waals surface area contributed by atoms with Crippen molar-refractivity contribution >= 4 is 5.97 Å². The molecule has 44 heavy (non-hydrogen) atoms. The Hall–Kier alpha value is -2.61. The second-order valence-electron chi connectivity index (χ2n) is 13.6. The predicted octanol–water partition coefficient (Wildman–Crippen LogP) is 7.39. The zero-order valence-corrected chi connectivity index (χ0v) is 26.5. The lowest BCUT2D eigenvalue weighted by molar-refractivity contribution is -0.146. The molecule has 0 saturated heterocycles. The SMILES string of the molecule is CCCCC[C@@H]1C=C[C@@H](CCCCC[C@H](C(=O)O)[C@H](O)CC[C@]2(O)CCC[C@H]2Cc2ccc(-c3cccc(O)c3)[nH]2)[C@H](O)C1. The quantitative estimate of drug-likeness (QED) is 0.0771. The van der Waals surface area contributed by atoms with Crippen LogP contribution in [0.3, 0.4) is 0 Å². The van der Waals surface area contributed by atoms with Gasteiger partial charge in [0.05, 0.1) is 23.7 Å². The molecular formula is C37H55NO6. The van der Waals surface area contributed by atoms with Crippen LogP contribution < -0.4 is 0 Å². The molecule has 6 N–H and O–H groups in total. The van der Waals surface area contributed by atoms with Crippen molar-refractivity contribution in [2.75, 3.05) is 0 Å². The normalized spacial score (nSPS) is 26.5. The molecule has 1 fully saturated rings. The number of nitrogens with one attached hydrogen (secondary N) is 1. The van der Waals surface area contributed by atoms with E-state index < -0.39 is 23.6 Å². The zero-order chi connectivity index (χ0) is 31.5. The number of carbonyl (C=O) groups is 1. The van der Waals surface area contributed by atoms with Crippen molar-refractivity contribution in [3.8, 4) is 17.0 Å². The van der Waals surface area contributed by atoms with Crippen LogP contribution in [0.5, 0.6) is 5.75 Å². The summed E-state index contributed by atoms with van der Waals surface area (Å²) in [5.74, 6) is -0.897. The molecule has 7 heteroatoms. The largest absolute Gasteiger partial charge is 0.508 e. The molecule has 1 aromatic heterocycles. The number of carboxylic acids is 1. The summed E-state index contributed by atoms with van der Waals surface area (Å²) in [6.07, 6.45) is 16.5. The summed E-state index contributed by atoms with van der Waals surface area (Å²) in [4.78, 5) is 15.5. The first-order valence-corrected chi connectivity index (χ1v) is 17.2. The number of phenolic OH excluding ortho intramolecular Hbond substituents is 1. The Bertz CT molecular complexity index is 1190. The average molecular weight is 610 g/mol. The first kappa shape index (κ1) is 34.3. The molecule has 244 valence electrons. The summed E-state index contributed by atoms with van der Waals surface area (Å²) < 4.78 is 0. The number of aliphatic hydroxyl groups is 3. The van der Waals surface area contributed by atoms with Crippen molar-refractivity contribution in [1.29, 1.82) is 0 Å². The molecule has 1 saturated carbocycles. The van der Waals surface area contributed by atoms with Crippen molar-refractivity contribution in [2.24, 2.45) is 23.7 Å². The predicted molar refractivity (Wildman–Crippen MR) is 174 cm³/mol. The summed E-state index contributed by atoms with van der Waals surface area (Å²) in [5.41, 5.74) is 1.90. The van der Waals surface area contributed by atoms with Crippen molar-refractivity contribution in [2.45, 2.75) is 127 Å². The van der Waals surface area contributed by atoms with Crippen LogP contribution >= 0.6 is 0 Å². The maximum atomic E-state index is 12.1. The minimum atomic E-state index is -0.992. The number of aromatic amines is 1. The Labute approximate surface area is 263 Å². The van der Waals surface area contributed by atoms with Gasteiger partial charge in [-0.05, 0) is 93.9 Å². The molecule has 0 radical (unpaired) electrons. The molecule has 1 aromatic carbocycles. The van der Waals surface area contributed by atoms with Gasteiger partial charge < -0.3 is 30.5 Å². The van der Waals surface area contributed by atoms with E-state index in [9.17, 15) is 30.3 Å². The number of hydrogen-bond acceptors (Lipinski definition) is 5. The summed E-state index contributed by atoms with van der Waals surface area (Å²) in [6.45, 7) is 2.21. The highest BCUT2D eigenvalue weighted by molar-refractivity contribution is 5.70. The highest BCUT2D eigenvalue weighted by Gasteiger charge is 2.42. The number of aliphatic carboxylic acids is 1. The van der Waals surface area contributed by atoms with E-state index in [-0.39, 0.29) is 30.1 Å². The van der Waals surface area contributed by atoms with E-state index in [1.807, 2.05) is 18.2 Å². The number of unbranched alkanes of at least 4 members (excludes halogenated alkanes) is 4. The summed E-state index contributed by atoms with van der Waals surface area (Å²) >= 11 is 0. The molecule has 0 unspecified atom stereocenters. The number of hydrogen-bond donors (Lipinski definition) is 6. The standard InChI is InChI=1S/C37H55NO6/c1-2-3-5-10-26-16-17-27(35(41)23-26)11-6-4-7-15-32(36(42)43)34(40)20-22-37(44)21-9-13-29(37)25-30-18-19-33(38-30)28-12-8-14-31(39)24-28/h8,12,14,16-19,24,26-27,29,32,34-35,38-41,44H,2-7,9-11,13,15,20-23,25H2,1H3,(H,42,43)/t26-,27-,29+,32+,34-,35-,37-/m1/s1. The highest BCUT2D eigenvalue weighted by Crippen LogP contribution is 2.42. The Morgan fingerprint density at radius 3 is 2.61 bits per heavy atom. The van der Waals surface area contributed by atoms with Crippen molar-refractivity contribution in [1.82, 2.24) is 4.98 Å². The molecule has 1 heterocycles. The van der Waals surface area contributed by atoms with Gasteiger partial charge in [-0.1, -0.05) is 76.2 Å². The van der Waals surface area contributed by atoms with Gasteiger partial charge in [0.2, 0.25) is 0 Å². The number of phenols is 1. The van der Waals surface area contributed by atoms with Gasteiger partial charge in [-0.3, -0.25) is 4.79 Å². The minimum absolute atomic E-state index is 0.0319. The fourth-order valence-electron chi connectivity index (χ4n) is 7.57. The van der Waals surface area contributed by atoms with Crippen molar-refractivity contribution < 1.29 is 30.3 Å². The average Bonchev–Trinajstić information content (AvgIpc) is 3.61. The Kier molecular flexibility index (Phi) is 13.0. The third-order valence-electron chi connectivity index (χ3n) is 10.3. The Morgan fingerprint density at radius 1 is 1.05 bits per heavy atom. The topological polar surface area (TPSA) is 134 Å². The van der Waals surface area contributed by atoms with E-state index in [0.29, 0.717) is 31.6 Å². The van der Waals surface area contributed by atoms with Crippen LogP contribution in [0.2, 0.25) is 0 Å². The molecule has 2 aliphatic rings. The lowest BCUT2D eigenvalue weighted by atomic mass is 9.80. The van der Waals surface area contributed by atoms with Gasteiger partial charge >= 0.3 is 5.97 Å². The molecular weight excluding hydrogens is 554 g/mol. The van der Waals surface area contributed by atoms with Crippen LogP contribution in [0, 0.1) is 23.7 Å². The first-order chi connectivity index (χ1) is 21.2. The number of aromatic hydroxyl groups is 1. The van der Waals surface area contributed by atoms with Crippen LogP contribution in [0.15, 0.2) is 48.6 Å². The van der Waals surface area contributed by atoms with Crippen molar-refractivity contribution in [3.63, 3.8) is 0 Å². The summed E-state index contributed by atoms with van der Waals surface area (Å²) in [6, 6.07) is 11.1. The van der Waals surface area contributed by atoms with E-state index in [1.165, 1.54) is 19.3 Å². The third kappa shape index (κ3) is 9.69. The summed E-state index contributed by atoms with van der Waals surface area (Å²) in [5, 5.41) is 52.8. The number of allylic oxidation sites excluding steroid dienone is 1. The van der Waals surface area contributed by atoms with Gasteiger partial charge in [0, 0.05) is 22.9 Å². The van der Waals surface area contributed by atoms with Gasteiger partial charge in [0.15, 0.2) is 0 Å². The van der Waals surface area contributed by atoms with Gasteiger partial charge in [0.1, 0.15) is 5.75 Å². The lowest BCUT2D eigenvalue weighted by Crippen LogP contribution is -2.37. The Balaban J connectivity index is 1.20. The van der Waals surface area contributed by atoms with E-state index in [4.69, 9.17) is 0 Å². The fourth-order valence-corrected chi connectivity index (χ4v) is 7.57. The molecule has 7 nitrogen and oxygen atoms in total. The number of benzene rings is 1. The lowest BCUT2D eigenvalue weighted by Gasteiger charge is -2.32. The molecule has 7 atom stereocenters. The maximum absolute atomic E-state index is 12.1. The third-order valence-corrected chi connectivity index (χ3v) is 10.3. The summed E-state index contributed by atoms with van der Waals surface area (Å²) in [7, 11) is 0. The smallest absolute Gasteiger partial charge is 0.309 e. The number of aromatic nitrogens is 1. The monoisotopic (exact) mass is 609 g/mol. The van der Waals surface area contributed by atoms with Crippen LogP contribution in [0.1, 0.15) is 109 Å². The first-order valence-electron chi connectivity index (χ1n) is 17.2. The minimum Gasteiger partial charge on any atom is -0.508 e. The second kappa shape index (κ2) is 16.6. The molecule has 2 aromatic rings. The molecule has 0 spiro atoms. The van der Waals surface area contributed by atoms with Crippen LogP contribution in [0.4, 0.5) is 0 Å². The van der Waals surface area contributed by atoms with Crippen LogP contribution in [-0.2, 0) is 11.2 Å². The highest BCUT2D eigenvalue weighted by atomic mass is 16.4. The molecule has 2 aliphatic carbocycles. The van der Waals surface area contributed by atoms with E-state index in [2.05, 4.69) is 24.1 Å². The molecule has 0 amide bonds. The fraction of sp³-hybridized carbons (Fsp3) is 0.649.